The second kappa shape index (κ2) is 8.84. The summed E-state index contributed by atoms with van der Waals surface area (Å²) >= 11 is 4.07. The topological polar surface area (TPSA) is 90.0 Å². The molecule has 0 fully saturated rings. The lowest BCUT2D eigenvalue weighted by atomic mass is 9.97. The fourth-order valence-electron chi connectivity index (χ4n) is 1.67. The highest BCUT2D eigenvalue weighted by atomic mass is 79.9. The number of carbonyl (C=O) groups is 4. The number of hydrogen-bond donors (Lipinski definition) is 0. The van der Waals surface area contributed by atoms with E-state index in [-0.39, 0.29) is 10.8 Å². The van der Waals surface area contributed by atoms with E-state index in [1.807, 2.05) is 0 Å². The van der Waals surface area contributed by atoms with Crippen LogP contribution in [0.2, 0.25) is 0 Å². The van der Waals surface area contributed by atoms with E-state index in [2.05, 4.69) is 25.4 Å². The van der Waals surface area contributed by atoms with E-state index in [9.17, 15) is 19.2 Å². The zero-order valence-corrected chi connectivity index (χ0v) is 15.9. The van der Waals surface area contributed by atoms with Gasteiger partial charge in [-0.2, -0.15) is 0 Å². The summed E-state index contributed by atoms with van der Waals surface area (Å²) in [7, 11) is 5.28. The number of esters is 2. The first kappa shape index (κ1) is 20.2. The fourth-order valence-corrected chi connectivity index (χ4v) is 3.02. The van der Waals surface area contributed by atoms with Crippen LogP contribution in [0.25, 0.3) is 0 Å². The van der Waals surface area contributed by atoms with Gasteiger partial charge in [0.05, 0.1) is 14.2 Å². The summed E-state index contributed by atoms with van der Waals surface area (Å²) in [4.78, 5) is 49.9. The van der Waals surface area contributed by atoms with Gasteiger partial charge < -0.3 is 14.4 Å². The smallest absolute Gasteiger partial charge is 0.328 e. The van der Waals surface area contributed by atoms with Crippen molar-refractivity contribution in [2.24, 2.45) is 5.92 Å². The average Bonchev–Trinajstić information content (AvgIpc) is 2.54. The Bertz CT molecular complexity index is 660. The molecule has 0 bridgehead atoms. The van der Waals surface area contributed by atoms with E-state index in [1.165, 1.54) is 11.0 Å². The molecule has 0 aliphatic carbocycles. The molecular weight excluding hydrogens is 402 g/mol. The summed E-state index contributed by atoms with van der Waals surface area (Å²) < 4.78 is 9.66. The largest absolute Gasteiger partial charge is 0.468 e. The first-order valence-electron chi connectivity index (χ1n) is 6.61. The number of thioether (sulfide) groups is 1. The third kappa shape index (κ3) is 4.81. The predicted molar refractivity (Wildman–Crippen MR) is 90.9 cm³/mol. The van der Waals surface area contributed by atoms with Crippen molar-refractivity contribution in [1.82, 2.24) is 4.90 Å². The van der Waals surface area contributed by atoms with Crippen molar-refractivity contribution in [3.63, 3.8) is 0 Å². The number of carbonyl (C=O) groups excluding carboxylic acids is 4. The highest BCUT2D eigenvalue weighted by Gasteiger charge is 2.38. The van der Waals surface area contributed by atoms with Crippen molar-refractivity contribution in [3.8, 4) is 0 Å². The van der Waals surface area contributed by atoms with Gasteiger partial charge in [-0.1, -0.05) is 15.9 Å². The highest BCUT2D eigenvalue weighted by Crippen LogP contribution is 2.30. The molecule has 24 heavy (non-hydrogen) atoms. The van der Waals surface area contributed by atoms with Crippen LogP contribution in [0.1, 0.15) is 10.4 Å². The first-order valence-corrected chi connectivity index (χ1v) is 8.22. The van der Waals surface area contributed by atoms with Crippen LogP contribution in [0, 0.1) is 5.92 Å². The van der Waals surface area contributed by atoms with Crippen LogP contribution in [0.3, 0.4) is 0 Å². The molecule has 0 N–H and O–H groups in total. The number of halogens is 1. The molecule has 1 aromatic carbocycles. The number of nitrogens with zero attached hydrogens (tertiary/aromatic N) is 1. The van der Waals surface area contributed by atoms with E-state index in [0.29, 0.717) is 9.37 Å². The van der Waals surface area contributed by atoms with Crippen LogP contribution in [-0.4, -0.2) is 56.2 Å². The molecule has 1 rings (SSSR count). The monoisotopic (exact) mass is 417 g/mol. The van der Waals surface area contributed by atoms with Gasteiger partial charge in [0.25, 0.3) is 5.24 Å². The lowest BCUT2D eigenvalue weighted by Crippen LogP contribution is -2.34. The number of Topliss-reactive ketones (excluding diaryl/α,β-unsaturated/α-hetero) is 1. The van der Waals surface area contributed by atoms with Gasteiger partial charge in [-0.3, -0.25) is 19.2 Å². The molecule has 0 aromatic heterocycles. The summed E-state index contributed by atoms with van der Waals surface area (Å²) in [5, 5.41) is -0.310. The quantitative estimate of drug-likeness (QED) is 0.314. The van der Waals surface area contributed by atoms with Crippen LogP contribution < -0.4 is 0 Å². The minimum atomic E-state index is -1.74. The van der Waals surface area contributed by atoms with Gasteiger partial charge in [0.2, 0.25) is 5.92 Å². The molecular formula is C15H16BrNO6S. The Balaban J connectivity index is 3.32. The van der Waals surface area contributed by atoms with Gasteiger partial charge in [-0.15, -0.1) is 0 Å². The van der Waals surface area contributed by atoms with Crippen molar-refractivity contribution in [2.75, 3.05) is 28.3 Å². The number of ether oxygens (including phenoxy) is 2. The summed E-state index contributed by atoms with van der Waals surface area (Å²) in [6.45, 7) is 0. The van der Waals surface area contributed by atoms with Gasteiger partial charge >= 0.3 is 11.9 Å². The van der Waals surface area contributed by atoms with Crippen LogP contribution in [0.5, 0.6) is 0 Å². The SMILES string of the molecule is COC(=O)C(C(=O)OC)C(=O)c1ccc(Br)cc1SC(=O)N(C)C. The van der Waals surface area contributed by atoms with Crippen molar-refractivity contribution in [1.29, 1.82) is 0 Å². The second-order valence-electron chi connectivity index (χ2n) is 4.75. The van der Waals surface area contributed by atoms with Crippen LogP contribution in [-0.2, 0) is 19.1 Å². The van der Waals surface area contributed by atoms with Gasteiger partial charge in [0, 0.05) is 29.0 Å². The number of amides is 1. The number of hydrogen-bond acceptors (Lipinski definition) is 7. The Morgan fingerprint density at radius 2 is 1.62 bits per heavy atom. The molecule has 0 atom stereocenters. The molecule has 7 nitrogen and oxygen atoms in total. The maximum absolute atomic E-state index is 12.7. The average molecular weight is 418 g/mol. The molecule has 1 aromatic rings. The normalized spacial score (nSPS) is 10.2. The number of ketones is 1. The van der Waals surface area contributed by atoms with Crippen LogP contribution >= 0.6 is 27.7 Å². The van der Waals surface area contributed by atoms with Crippen LogP contribution in [0.15, 0.2) is 27.6 Å². The van der Waals surface area contributed by atoms with E-state index in [4.69, 9.17) is 0 Å². The molecule has 0 spiro atoms. The van der Waals surface area contributed by atoms with Crippen molar-refractivity contribution in [2.45, 2.75) is 4.90 Å². The molecule has 0 aliphatic rings. The van der Waals surface area contributed by atoms with Gasteiger partial charge in [0.15, 0.2) is 5.78 Å². The molecule has 0 aliphatic heterocycles. The molecule has 0 unspecified atom stereocenters. The minimum absolute atomic E-state index is 0.0548. The second-order valence-corrected chi connectivity index (χ2v) is 6.66. The molecule has 9 heteroatoms. The number of rotatable bonds is 5. The van der Waals surface area contributed by atoms with Gasteiger partial charge in [-0.05, 0) is 30.0 Å². The molecule has 0 radical (unpaired) electrons. The molecule has 130 valence electrons. The van der Waals surface area contributed by atoms with E-state index in [0.717, 1.165) is 26.0 Å². The Hall–Kier alpha value is -1.87. The Morgan fingerprint density at radius 1 is 1.08 bits per heavy atom. The lowest BCUT2D eigenvalue weighted by Gasteiger charge is -2.15. The molecule has 1 amide bonds. The van der Waals surface area contributed by atoms with E-state index >= 15 is 0 Å². The van der Waals surface area contributed by atoms with Crippen LogP contribution in [0.4, 0.5) is 4.79 Å². The Labute approximate surface area is 151 Å². The first-order chi connectivity index (χ1) is 11.2. The van der Waals surface area contributed by atoms with Gasteiger partial charge in [0.1, 0.15) is 0 Å². The Morgan fingerprint density at radius 3 is 2.08 bits per heavy atom. The van der Waals surface area contributed by atoms with Crippen molar-refractivity contribution >= 4 is 50.7 Å². The lowest BCUT2D eigenvalue weighted by molar-refractivity contribution is -0.155. The highest BCUT2D eigenvalue weighted by molar-refractivity contribution is 9.10. The maximum atomic E-state index is 12.7. The zero-order valence-electron chi connectivity index (χ0n) is 13.5. The molecule has 0 saturated carbocycles. The zero-order chi connectivity index (χ0) is 18.4. The summed E-state index contributed by atoms with van der Waals surface area (Å²) in [5.74, 6) is -4.58. The molecule has 0 heterocycles. The predicted octanol–water partition coefficient (Wildman–Crippen LogP) is 2.37. The summed E-state index contributed by atoms with van der Waals surface area (Å²) in [5.41, 5.74) is 0.0548. The van der Waals surface area contributed by atoms with Crippen molar-refractivity contribution in [3.05, 3.63) is 28.2 Å². The van der Waals surface area contributed by atoms with E-state index < -0.39 is 23.6 Å². The third-order valence-electron chi connectivity index (χ3n) is 2.91. The van der Waals surface area contributed by atoms with E-state index in [1.54, 1.807) is 26.2 Å². The standard InChI is InChI=1S/C15H16BrNO6S/c1-17(2)15(21)24-10-7-8(16)5-6-9(10)12(18)11(13(19)22-3)14(20)23-4/h5-7,11H,1-4H3. The van der Waals surface area contributed by atoms with Gasteiger partial charge in [-0.25, -0.2) is 0 Å². The van der Waals surface area contributed by atoms with Crippen molar-refractivity contribution < 1.29 is 28.7 Å². The minimum Gasteiger partial charge on any atom is -0.468 e. The number of benzene rings is 1. The Kier molecular flexibility index (Phi) is 7.43. The third-order valence-corrected chi connectivity index (χ3v) is 4.50. The fraction of sp³-hybridized carbons (Fsp3) is 0.333. The number of methoxy groups -OCH3 is 2. The molecule has 0 saturated heterocycles. The maximum Gasteiger partial charge on any atom is 0.328 e. The summed E-state index contributed by atoms with van der Waals surface area (Å²) in [6, 6.07) is 4.56. The summed E-state index contributed by atoms with van der Waals surface area (Å²) in [6.07, 6.45) is 0.